The van der Waals surface area contributed by atoms with Crippen LogP contribution in [-0.2, 0) is 5.54 Å². The Kier molecular flexibility index (Phi) is 4.74. The summed E-state index contributed by atoms with van der Waals surface area (Å²) in [5, 5.41) is 3.50. The molecular formula is C15H24ClN3O. The summed E-state index contributed by atoms with van der Waals surface area (Å²) >= 11 is 6.20. The van der Waals surface area contributed by atoms with Crippen LogP contribution in [0.2, 0.25) is 0 Å². The number of nitrogens with one attached hydrogen (secondary N) is 1. The number of hydrogen-bond acceptors (Lipinski definition) is 3. The van der Waals surface area contributed by atoms with Crippen LogP contribution >= 0.6 is 11.6 Å². The molecule has 1 aromatic rings. The van der Waals surface area contributed by atoms with Gasteiger partial charge in [0.2, 0.25) is 0 Å². The van der Waals surface area contributed by atoms with Crippen LogP contribution in [0.25, 0.3) is 0 Å². The molecule has 0 bridgehead atoms. The van der Waals surface area contributed by atoms with Crippen molar-refractivity contribution in [2.75, 3.05) is 11.9 Å². The van der Waals surface area contributed by atoms with E-state index >= 15 is 0 Å². The van der Waals surface area contributed by atoms with E-state index in [1.807, 2.05) is 20.8 Å². The molecule has 0 aromatic carbocycles. The van der Waals surface area contributed by atoms with Gasteiger partial charge >= 0.3 is 0 Å². The molecule has 1 saturated carbocycles. The highest BCUT2D eigenvalue weighted by Crippen LogP contribution is 2.27. The number of rotatable bonds is 3. The van der Waals surface area contributed by atoms with Gasteiger partial charge in [-0.3, -0.25) is 4.79 Å². The van der Waals surface area contributed by atoms with E-state index in [0.29, 0.717) is 11.7 Å². The SMILES string of the molecule is CC(C)(C)n1ccnc(NCC2CCCC(Cl)C2)c1=O. The molecule has 1 N–H and O–H groups in total. The summed E-state index contributed by atoms with van der Waals surface area (Å²) in [7, 11) is 0. The maximum atomic E-state index is 12.4. The fourth-order valence-electron chi connectivity index (χ4n) is 2.71. The van der Waals surface area contributed by atoms with Crippen LogP contribution in [-0.4, -0.2) is 21.5 Å². The molecule has 0 aliphatic heterocycles. The lowest BCUT2D eigenvalue weighted by Gasteiger charge is -2.26. The first kappa shape index (κ1) is 15.4. The first-order chi connectivity index (χ1) is 9.38. The van der Waals surface area contributed by atoms with Crippen molar-refractivity contribution in [3.05, 3.63) is 22.7 Å². The van der Waals surface area contributed by atoms with Crippen LogP contribution in [0, 0.1) is 5.92 Å². The van der Waals surface area contributed by atoms with Crippen molar-refractivity contribution in [1.82, 2.24) is 9.55 Å². The second kappa shape index (κ2) is 6.17. The maximum absolute atomic E-state index is 12.4. The number of aromatic nitrogens is 2. The molecular weight excluding hydrogens is 274 g/mol. The van der Waals surface area contributed by atoms with Crippen molar-refractivity contribution in [1.29, 1.82) is 0 Å². The lowest BCUT2D eigenvalue weighted by molar-refractivity contribution is 0.374. The molecule has 20 heavy (non-hydrogen) atoms. The van der Waals surface area contributed by atoms with E-state index in [0.717, 1.165) is 19.4 Å². The van der Waals surface area contributed by atoms with Crippen LogP contribution < -0.4 is 10.9 Å². The molecule has 2 unspecified atom stereocenters. The zero-order valence-corrected chi connectivity index (χ0v) is 13.3. The Morgan fingerprint density at radius 3 is 2.85 bits per heavy atom. The van der Waals surface area contributed by atoms with Gasteiger partial charge in [-0.2, -0.15) is 0 Å². The van der Waals surface area contributed by atoms with Crippen molar-refractivity contribution in [2.24, 2.45) is 5.92 Å². The molecule has 2 atom stereocenters. The monoisotopic (exact) mass is 297 g/mol. The molecule has 1 fully saturated rings. The van der Waals surface area contributed by atoms with Crippen LogP contribution in [0.4, 0.5) is 5.82 Å². The Hall–Kier alpha value is -1.03. The van der Waals surface area contributed by atoms with Gasteiger partial charge in [-0.05, 0) is 46.0 Å². The van der Waals surface area contributed by atoms with Crippen LogP contribution in [0.3, 0.4) is 0 Å². The summed E-state index contributed by atoms with van der Waals surface area (Å²) < 4.78 is 1.72. The summed E-state index contributed by atoms with van der Waals surface area (Å²) in [6.07, 6.45) is 7.90. The Morgan fingerprint density at radius 1 is 1.45 bits per heavy atom. The molecule has 0 spiro atoms. The van der Waals surface area contributed by atoms with Crippen molar-refractivity contribution in [2.45, 2.75) is 57.4 Å². The van der Waals surface area contributed by atoms with Crippen molar-refractivity contribution in [3.63, 3.8) is 0 Å². The zero-order valence-electron chi connectivity index (χ0n) is 12.5. The number of anilines is 1. The van der Waals surface area contributed by atoms with E-state index in [1.165, 1.54) is 12.8 Å². The fraction of sp³-hybridized carbons (Fsp3) is 0.733. The lowest BCUT2D eigenvalue weighted by Crippen LogP contribution is -2.36. The average Bonchev–Trinajstić information content (AvgIpc) is 2.36. The van der Waals surface area contributed by atoms with Crippen molar-refractivity contribution < 1.29 is 0 Å². The summed E-state index contributed by atoms with van der Waals surface area (Å²) in [5.74, 6) is 0.981. The molecule has 1 aliphatic carbocycles. The highest BCUT2D eigenvalue weighted by atomic mass is 35.5. The van der Waals surface area contributed by atoms with Crippen molar-refractivity contribution in [3.8, 4) is 0 Å². The minimum Gasteiger partial charge on any atom is -0.365 e. The van der Waals surface area contributed by atoms with Crippen LogP contribution in [0.1, 0.15) is 46.5 Å². The third-order valence-corrected chi connectivity index (χ3v) is 4.24. The number of hydrogen-bond donors (Lipinski definition) is 1. The average molecular weight is 298 g/mol. The second-order valence-corrected chi connectivity index (χ2v) is 7.25. The minimum atomic E-state index is -0.234. The van der Waals surface area contributed by atoms with Crippen LogP contribution in [0.5, 0.6) is 0 Å². The third kappa shape index (κ3) is 3.75. The zero-order chi connectivity index (χ0) is 14.8. The molecule has 112 valence electrons. The number of halogens is 1. The van der Waals surface area contributed by atoms with Gasteiger partial charge < -0.3 is 9.88 Å². The van der Waals surface area contributed by atoms with Gasteiger partial charge in [0.25, 0.3) is 5.56 Å². The smallest absolute Gasteiger partial charge is 0.293 e. The minimum absolute atomic E-state index is 0.0572. The molecule has 5 heteroatoms. The van der Waals surface area contributed by atoms with E-state index in [1.54, 1.807) is 17.0 Å². The topological polar surface area (TPSA) is 46.9 Å². The van der Waals surface area contributed by atoms with Crippen LogP contribution in [0.15, 0.2) is 17.2 Å². The van der Waals surface area contributed by atoms with E-state index < -0.39 is 0 Å². The molecule has 2 rings (SSSR count). The van der Waals surface area contributed by atoms with Gasteiger partial charge in [-0.25, -0.2) is 4.98 Å². The van der Waals surface area contributed by atoms with E-state index in [-0.39, 0.29) is 16.5 Å². The first-order valence-electron chi connectivity index (χ1n) is 7.34. The van der Waals surface area contributed by atoms with Gasteiger partial charge in [0.05, 0.1) is 0 Å². The maximum Gasteiger partial charge on any atom is 0.293 e. The number of nitrogens with zero attached hydrogens (tertiary/aromatic N) is 2. The molecule has 0 radical (unpaired) electrons. The molecule has 1 heterocycles. The van der Waals surface area contributed by atoms with E-state index in [4.69, 9.17) is 11.6 Å². The van der Waals surface area contributed by atoms with Gasteiger partial charge in [-0.15, -0.1) is 11.6 Å². The highest BCUT2D eigenvalue weighted by Gasteiger charge is 2.21. The van der Waals surface area contributed by atoms with E-state index in [2.05, 4.69) is 10.3 Å². The van der Waals surface area contributed by atoms with Gasteiger partial charge in [0.1, 0.15) is 0 Å². The molecule has 4 nitrogen and oxygen atoms in total. The lowest BCUT2D eigenvalue weighted by atomic mass is 9.89. The predicted octanol–water partition coefficient (Wildman–Crippen LogP) is 3.21. The molecule has 0 saturated heterocycles. The standard InChI is InChI=1S/C15H24ClN3O/c1-15(2,3)19-8-7-17-13(14(19)20)18-10-11-5-4-6-12(16)9-11/h7-8,11-12H,4-6,9-10H2,1-3H3,(H,17,18). The first-order valence-corrected chi connectivity index (χ1v) is 7.77. The fourth-order valence-corrected chi connectivity index (χ4v) is 3.12. The Labute approximate surface area is 125 Å². The van der Waals surface area contributed by atoms with Gasteiger partial charge in [-0.1, -0.05) is 6.42 Å². The summed E-state index contributed by atoms with van der Waals surface area (Å²) in [5.41, 5.74) is -0.291. The predicted molar refractivity (Wildman–Crippen MR) is 83.6 cm³/mol. The summed E-state index contributed by atoms with van der Waals surface area (Å²) in [6, 6.07) is 0. The Balaban J connectivity index is 2.05. The Bertz CT molecular complexity index is 507. The van der Waals surface area contributed by atoms with E-state index in [9.17, 15) is 4.79 Å². The largest absolute Gasteiger partial charge is 0.365 e. The third-order valence-electron chi connectivity index (χ3n) is 3.84. The molecule has 1 aliphatic rings. The van der Waals surface area contributed by atoms with Gasteiger partial charge in [0, 0.05) is 29.9 Å². The molecule has 1 aromatic heterocycles. The normalized spacial score (nSPS) is 23.6. The number of alkyl halides is 1. The molecule has 0 amide bonds. The highest BCUT2D eigenvalue weighted by molar-refractivity contribution is 6.20. The Morgan fingerprint density at radius 2 is 2.20 bits per heavy atom. The second-order valence-electron chi connectivity index (χ2n) is 6.63. The summed E-state index contributed by atoms with van der Waals surface area (Å²) in [4.78, 5) is 16.5. The van der Waals surface area contributed by atoms with Crippen molar-refractivity contribution >= 4 is 17.4 Å². The quantitative estimate of drug-likeness (QED) is 0.872. The summed E-state index contributed by atoms with van der Waals surface area (Å²) in [6.45, 7) is 6.81. The van der Waals surface area contributed by atoms with Gasteiger partial charge in [0.15, 0.2) is 5.82 Å².